The first kappa shape index (κ1) is 14.9. The van der Waals surface area contributed by atoms with Gasteiger partial charge in [-0.3, -0.25) is 5.43 Å². The van der Waals surface area contributed by atoms with Gasteiger partial charge >= 0.3 is 6.01 Å². The number of nitrogens with two attached hydrogens (primary N) is 1. The summed E-state index contributed by atoms with van der Waals surface area (Å²) in [6.07, 6.45) is 0.770. The molecule has 0 aliphatic rings. The van der Waals surface area contributed by atoms with Gasteiger partial charge in [-0.15, -0.1) is 0 Å². The van der Waals surface area contributed by atoms with E-state index in [1.807, 2.05) is 6.92 Å². The van der Waals surface area contributed by atoms with Gasteiger partial charge in [0.2, 0.25) is 11.9 Å². The van der Waals surface area contributed by atoms with Crippen LogP contribution in [0.1, 0.15) is 13.3 Å². The molecule has 2 aromatic rings. The van der Waals surface area contributed by atoms with Gasteiger partial charge in [0.25, 0.3) is 0 Å². The number of anilines is 3. The lowest BCUT2D eigenvalue weighted by Crippen LogP contribution is -2.14. The Kier molecular flexibility index (Phi) is 4.77. The molecule has 2 rings (SSSR count). The number of rotatable bonds is 6. The molecule has 0 bridgehead atoms. The first-order chi connectivity index (χ1) is 10.1. The Hall–Kier alpha value is -2.55. The zero-order valence-electron chi connectivity index (χ0n) is 11.2. The number of nitrogens with zero attached hydrogens (tertiary/aromatic N) is 3. The monoisotopic (exact) mass is 296 g/mol. The van der Waals surface area contributed by atoms with Gasteiger partial charge < -0.3 is 10.1 Å². The molecule has 0 saturated carbocycles. The summed E-state index contributed by atoms with van der Waals surface area (Å²) in [7, 11) is 0. The van der Waals surface area contributed by atoms with Crippen LogP contribution in [0.4, 0.5) is 26.4 Å². The van der Waals surface area contributed by atoms with E-state index in [4.69, 9.17) is 10.6 Å². The summed E-state index contributed by atoms with van der Waals surface area (Å²) in [5.74, 6) is 3.88. The molecule has 0 amide bonds. The summed E-state index contributed by atoms with van der Waals surface area (Å²) in [4.78, 5) is 11.8. The fourth-order valence-electron chi connectivity index (χ4n) is 1.45. The number of ether oxygens (including phenoxy) is 1. The zero-order valence-corrected chi connectivity index (χ0v) is 11.2. The molecule has 0 fully saturated rings. The molecule has 0 unspecified atom stereocenters. The van der Waals surface area contributed by atoms with Crippen LogP contribution in [0.5, 0.6) is 6.01 Å². The average molecular weight is 296 g/mol. The third kappa shape index (κ3) is 3.96. The van der Waals surface area contributed by atoms with E-state index < -0.39 is 11.6 Å². The Morgan fingerprint density at radius 1 is 1.19 bits per heavy atom. The molecule has 4 N–H and O–H groups in total. The van der Waals surface area contributed by atoms with Gasteiger partial charge in [0.15, 0.2) is 0 Å². The van der Waals surface area contributed by atoms with E-state index in [0.717, 1.165) is 18.6 Å². The summed E-state index contributed by atoms with van der Waals surface area (Å²) in [5, 5.41) is 2.61. The molecule has 0 aliphatic heterocycles. The van der Waals surface area contributed by atoms with E-state index in [1.54, 1.807) is 0 Å². The minimum absolute atomic E-state index is 0.0204. The maximum Gasteiger partial charge on any atom is 0.323 e. The molecular weight excluding hydrogens is 282 g/mol. The van der Waals surface area contributed by atoms with E-state index in [1.165, 1.54) is 6.07 Å². The zero-order chi connectivity index (χ0) is 15.2. The highest BCUT2D eigenvalue weighted by atomic mass is 19.1. The van der Waals surface area contributed by atoms with Crippen molar-refractivity contribution >= 4 is 17.6 Å². The third-order valence-corrected chi connectivity index (χ3v) is 2.36. The van der Waals surface area contributed by atoms with Crippen molar-refractivity contribution in [2.45, 2.75) is 13.3 Å². The van der Waals surface area contributed by atoms with Gasteiger partial charge in [-0.1, -0.05) is 6.92 Å². The van der Waals surface area contributed by atoms with Crippen molar-refractivity contribution in [1.29, 1.82) is 0 Å². The van der Waals surface area contributed by atoms with E-state index in [0.29, 0.717) is 6.61 Å². The maximum absolute atomic E-state index is 13.6. The second kappa shape index (κ2) is 6.75. The van der Waals surface area contributed by atoms with Crippen LogP contribution in [0.3, 0.4) is 0 Å². The second-order valence-electron chi connectivity index (χ2n) is 4.01. The fourth-order valence-corrected chi connectivity index (χ4v) is 1.45. The van der Waals surface area contributed by atoms with Crippen LogP contribution in [0.15, 0.2) is 18.2 Å². The molecule has 1 aromatic carbocycles. The summed E-state index contributed by atoms with van der Waals surface area (Å²) < 4.78 is 31.7. The predicted molar refractivity (Wildman–Crippen MR) is 73.1 cm³/mol. The highest BCUT2D eigenvalue weighted by Gasteiger charge is 2.10. The molecule has 0 spiro atoms. The minimum atomic E-state index is -0.770. The molecule has 112 valence electrons. The number of aromatic nitrogens is 3. The van der Waals surface area contributed by atoms with Gasteiger partial charge in [-0.2, -0.15) is 15.0 Å². The van der Waals surface area contributed by atoms with Crippen molar-refractivity contribution in [3.8, 4) is 6.01 Å². The van der Waals surface area contributed by atoms with Gasteiger partial charge in [0.05, 0.1) is 12.3 Å². The van der Waals surface area contributed by atoms with Crippen LogP contribution < -0.4 is 21.3 Å². The van der Waals surface area contributed by atoms with Crippen molar-refractivity contribution in [2.75, 3.05) is 17.3 Å². The predicted octanol–water partition coefficient (Wildman–Crippen LogP) is 1.97. The largest absolute Gasteiger partial charge is 0.463 e. The van der Waals surface area contributed by atoms with E-state index in [9.17, 15) is 8.78 Å². The molecule has 0 radical (unpaired) electrons. The Balaban J connectivity index is 2.25. The van der Waals surface area contributed by atoms with Gasteiger partial charge in [-0.25, -0.2) is 14.6 Å². The number of hydrogen-bond donors (Lipinski definition) is 3. The third-order valence-electron chi connectivity index (χ3n) is 2.36. The van der Waals surface area contributed by atoms with Crippen molar-refractivity contribution in [2.24, 2.45) is 5.84 Å². The number of benzene rings is 1. The van der Waals surface area contributed by atoms with Gasteiger partial charge in [0.1, 0.15) is 11.6 Å². The normalized spacial score (nSPS) is 10.3. The van der Waals surface area contributed by atoms with Crippen LogP contribution in [0.2, 0.25) is 0 Å². The first-order valence-electron chi connectivity index (χ1n) is 6.20. The highest BCUT2D eigenvalue weighted by molar-refractivity contribution is 5.55. The quantitative estimate of drug-likeness (QED) is 0.553. The number of nitrogens with one attached hydrogen (secondary N) is 2. The number of halogens is 2. The Morgan fingerprint density at radius 2 is 1.95 bits per heavy atom. The summed E-state index contributed by atoms with van der Waals surface area (Å²) >= 11 is 0. The molecule has 9 heteroatoms. The Morgan fingerprint density at radius 3 is 2.62 bits per heavy atom. The highest BCUT2D eigenvalue weighted by Crippen LogP contribution is 2.20. The number of hydrogen-bond acceptors (Lipinski definition) is 7. The van der Waals surface area contributed by atoms with Crippen LogP contribution in [0, 0.1) is 11.6 Å². The first-order valence-corrected chi connectivity index (χ1v) is 6.20. The Labute approximate surface area is 119 Å². The number of nitrogen functional groups attached to an aromatic ring is 1. The lowest BCUT2D eigenvalue weighted by Gasteiger charge is -2.09. The van der Waals surface area contributed by atoms with Crippen LogP contribution in [-0.2, 0) is 0 Å². The molecule has 0 atom stereocenters. The summed E-state index contributed by atoms with van der Waals surface area (Å²) in [6.45, 7) is 2.34. The smallest absolute Gasteiger partial charge is 0.323 e. The lowest BCUT2D eigenvalue weighted by atomic mass is 10.3. The van der Waals surface area contributed by atoms with E-state index in [-0.39, 0.29) is 23.6 Å². The van der Waals surface area contributed by atoms with Crippen LogP contribution in [0.25, 0.3) is 0 Å². The summed E-state index contributed by atoms with van der Waals surface area (Å²) in [6, 6.07) is 3.14. The average Bonchev–Trinajstić information content (AvgIpc) is 2.48. The SMILES string of the molecule is CCCOc1nc(NN)nc(Nc2ccc(F)cc2F)n1. The maximum atomic E-state index is 13.6. The van der Waals surface area contributed by atoms with Crippen LogP contribution >= 0.6 is 0 Å². The minimum Gasteiger partial charge on any atom is -0.463 e. The fraction of sp³-hybridized carbons (Fsp3) is 0.250. The number of hydrazine groups is 1. The van der Waals surface area contributed by atoms with Crippen molar-refractivity contribution in [1.82, 2.24) is 15.0 Å². The van der Waals surface area contributed by atoms with E-state index >= 15 is 0 Å². The molecule has 0 saturated heterocycles. The standard InChI is InChI=1S/C12H14F2N6O/c1-2-5-21-12-18-10(17-11(19-12)20-15)16-9-4-3-7(13)6-8(9)14/h3-4,6H,2,5,15H2,1H3,(H2,16,17,18,19,20). The molecule has 0 aliphatic carbocycles. The second-order valence-corrected chi connectivity index (χ2v) is 4.01. The summed E-state index contributed by atoms with van der Waals surface area (Å²) in [5.41, 5.74) is 2.28. The van der Waals surface area contributed by atoms with Crippen molar-refractivity contribution in [3.05, 3.63) is 29.8 Å². The topological polar surface area (TPSA) is 98.0 Å². The van der Waals surface area contributed by atoms with Crippen LogP contribution in [-0.4, -0.2) is 21.6 Å². The van der Waals surface area contributed by atoms with Gasteiger partial charge in [0, 0.05) is 6.07 Å². The van der Waals surface area contributed by atoms with Crippen molar-refractivity contribution in [3.63, 3.8) is 0 Å². The molecular formula is C12H14F2N6O. The molecule has 1 aromatic heterocycles. The van der Waals surface area contributed by atoms with Crippen molar-refractivity contribution < 1.29 is 13.5 Å². The lowest BCUT2D eigenvalue weighted by molar-refractivity contribution is 0.292. The molecule has 21 heavy (non-hydrogen) atoms. The molecule has 1 heterocycles. The Bertz CT molecular complexity index is 625. The molecule has 7 nitrogen and oxygen atoms in total. The van der Waals surface area contributed by atoms with E-state index in [2.05, 4.69) is 25.7 Å². The van der Waals surface area contributed by atoms with Gasteiger partial charge in [-0.05, 0) is 18.6 Å².